The SMILES string of the molecule is Cc1nn(C)c2ncc(NC(=O)c3cc(=O)c4ccccc4o3)cc12. The quantitative estimate of drug-likeness (QED) is 0.608. The summed E-state index contributed by atoms with van der Waals surface area (Å²) in [6.07, 6.45) is 1.54. The molecule has 4 rings (SSSR count). The van der Waals surface area contributed by atoms with Crippen molar-refractivity contribution < 1.29 is 9.21 Å². The Hall–Kier alpha value is -3.48. The number of para-hydroxylation sites is 1. The summed E-state index contributed by atoms with van der Waals surface area (Å²) >= 11 is 0. The fourth-order valence-electron chi connectivity index (χ4n) is 2.78. The molecular formula is C18H14N4O3. The number of nitrogens with one attached hydrogen (secondary N) is 1. The van der Waals surface area contributed by atoms with Crippen molar-refractivity contribution in [3.63, 3.8) is 0 Å². The van der Waals surface area contributed by atoms with Crippen molar-refractivity contribution in [2.45, 2.75) is 6.92 Å². The Morgan fingerprint density at radius 2 is 2.00 bits per heavy atom. The smallest absolute Gasteiger partial charge is 0.291 e. The number of carbonyl (C=O) groups excluding carboxylic acids is 1. The Bertz CT molecular complexity index is 1190. The Kier molecular flexibility index (Phi) is 3.35. The Balaban J connectivity index is 1.70. The fourth-order valence-corrected chi connectivity index (χ4v) is 2.78. The number of anilines is 1. The molecule has 124 valence electrons. The maximum Gasteiger partial charge on any atom is 0.291 e. The van der Waals surface area contributed by atoms with Gasteiger partial charge >= 0.3 is 0 Å². The van der Waals surface area contributed by atoms with Crippen LogP contribution in [-0.4, -0.2) is 20.7 Å². The van der Waals surface area contributed by atoms with E-state index in [2.05, 4.69) is 15.4 Å². The first-order valence-corrected chi connectivity index (χ1v) is 7.66. The van der Waals surface area contributed by atoms with Crippen molar-refractivity contribution >= 4 is 33.6 Å². The molecule has 1 amide bonds. The molecule has 7 heteroatoms. The standard InChI is InChI=1S/C18H14N4O3/c1-10-13-7-11(9-19-17(13)22(2)21-10)20-18(24)16-8-14(23)12-5-3-4-6-15(12)25-16/h3-9H,1-2H3,(H,20,24). The number of pyridine rings is 1. The lowest BCUT2D eigenvalue weighted by Gasteiger charge is -2.05. The zero-order chi connectivity index (χ0) is 17.6. The minimum Gasteiger partial charge on any atom is -0.451 e. The molecule has 25 heavy (non-hydrogen) atoms. The Morgan fingerprint density at radius 1 is 1.20 bits per heavy atom. The number of hydrogen-bond acceptors (Lipinski definition) is 5. The molecule has 0 atom stereocenters. The maximum absolute atomic E-state index is 12.4. The molecular weight excluding hydrogens is 320 g/mol. The predicted octanol–water partition coefficient (Wildman–Crippen LogP) is 2.64. The lowest BCUT2D eigenvalue weighted by Crippen LogP contribution is -2.15. The van der Waals surface area contributed by atoms with Gasteiger partial charge in [0.15, 0.2) is 16.8 Å². The number of fused-ring (bicyclic) bond motifs is 2. The summed E-state index contributed by atoms with van der Waals surface area (Å²) in [5, 5.41) is 8.29. The van der Waals surface area contributed by atoms with E-state index in [4.69, 9.17) is 4.42 Å². The Morgan fingerprint density at radius 3 is 2.84 bits per heavy atom. The minimum atomic E-state index is -0.509. The number of rotatable bonds is 2. The summed E-state index contributed by atoms with van der Waals surface area (Å²) in [6, 6.07) is 9.79. The topological polar surface area (TPSA) is 90.0 Å². The van der Waals surface area contributed by atoms with Crippen molar-refractivity contribution in [2.24, 2.45) is 7.05 Å². The summed E-state index contributed by atoms with van der Waals surface area (Å²) < 4.78 is 7.22. The molecule has 0 fully saturated rings. The number of benzene rings is 1. The van der Waals surface area contributed by atoms with Crippen LogP contribution in [0.3, 0.4) is 0 Å². The first-order chi connectivity index (χ1) is 12.0. The van der Waals surface area contributed by atoms with Crippen molar-refractivity contribution in [3.05, 3.63) is 64.3 Å². The van der Waals surface area contributed by atoms with Crippen molar-refractivity contribution in [1.82, 2.24) is 14.8 Å². The van der Waals surface area contributed by atoms with Gasteiger partial charge in [0.1, 0.15) is 5.58 Å². The van der Waals surface area contributed by atoms with Crippen LogP contribution < -0.4 is 10.7 Å². The summed E-state index contributed by atoms with van der Waals surface area (Å²) in [7, 11) is 1.81. The molecule has 0 aliphatic rings. The molecule has 0 bridgehead atoms. The highest BCUT2D eigenvalue weighted by atomic mass is 16.3. The molecule has 3 aromatic heterocycles. The number of amides is 1. The van der Waals surface area contributed by atoms with Crippen LogP contribution in [-0.2, 0) is 7.05 Å². The van der Waals surface area contributed by atoms with E-state index in [1.807, 2.05) is 14.0 Å². The van der Waals surface area contributed by atoms with E-state index in [9.17, 15) is 9.59 Å². The number of aromatic nitrogens is 3. The second-order valence-electron chi connectivity index (χ2n) is 5.73. The number of carbonyl (C=O) groups is 1. The lowest BCUT2D eigenvalue weighted by atomic mass is 10.2. The van der Waals surface area contributed by atoms with Crippen LogP contribution in [0.25, 0.3) is 22.0 Å². The Labute approximate surface area is 141 Å². The van der Waals surface area contributed by atoms with Crippen LogP contribution in [0.15, 0.2) is 51.8 Å². The van der Waals surface area contributed by atoms with Crippen LogP contribution in [0, 0.1) is 6.92 Å². The molecule has 3 heterocycles. The molecule has 4 aromatic rings. The van der Waals surface area contributed by atoms with Gasteiger partial charge in [0.2, 0.25) is 0 Å². The van der Waals surface area contributed by atoms with Crippen molar-refractivity contribution in [3.8, 4) is 0 Å². The zero-order valence-electron chi connectivity index (χ0n) is 13.6. The molecule has 0 saturated carbocycles. The van der Waals surface area contributed by atoms with E-state index in [0.29, 0.717) is 16.7 Å². The monoisotopic (exact) mass is 334 g/mol. The van der Waals surface area contributed by atoms with Gasteiger partial charge in [0.05, 0.1) is 23.0 Å². The third-order valence-electron chi connectivity index (χ3n) is 3.98. The van der Waals surface area contributed by atoms with Crippen LogP contribution >= 0.6 is 0 Å². The highest BCUT2D eigenvalue weighted by molar-refractivity contribution is 6.03. The average Bonchev–Trinajstić information content (AvgIpc) is 2.89. The van der Waals surface area contributed by atoms with Gasteiger partial charge < -0.3 is 9.73 Å². The highest BCUT2D eigenvalue weighted by Crippen LogP contribution is 2.20. The van der Waals surface area contributed by atoms with Gasteiger partial charge in [-0.05, 0) is 25.1 Å². The highest BCUT2D eigenvalue weighted by Gasteiger charge is 2.14. The number of hydrogen-bond donors (Lipinski definition) is 1. The molecule has 0 saturated heterocycles. The van der Waals surface area contributed by atoms with Crippen LogP contribution in [0.1, 0.15) is 16.2 Å². The van der Waals surface area contributed by atoms with Gasteiger partial charge in [0.25, 0.3) is 5.91 Å². The lowest BCUT2D eigenvalue weighted by molar-refractivity contribution is 0.0997. The van der Waals surface area contributed by atoms with Crippen LogP contribution in [0.2, 0.25) is 0 Å². The van der Waals surface area contributed by atoms with E-state index >= 15 is 0 Å². The fraction of sp³-hybridized carbons (Fsp3) is 0.111. The molecule has 7 nitrogen and oxygen atoms in total. The third-order valence-corrected chi connectivity index (χ3v) is 3.98. The molecule has 0 aliphatic carbocycles. The molecule has 0 unspecified atom stereocenters. The number of nitrogens with zero attached hydrogens (tertiary/aromatic N) is 3. The van der Waals surface area contributed by atoms with Crippen molar-refractivity contribution in [2.75, 3.05) is 5.32 Å². The van der Waals surface area contributed by atoms with Gasteiger partial charge in [-0.2, -0.15) is 5.10 Å². The summed E-state index contributed by atoms with van der Waals surface area (Å²) in [4.78, 5) is 28.9. The van der Waals surface area contributed by atoms with E-state index in [1.165, 1.54) is 6.07 Å². The summed E-state index contributed by atoms with van der Waals surface area (Å²) in [6.45, 7) is 1.87. The molecule has 1 aromatic carbocycles. The van der Waals surface area contributed by atoms with Crippen molar-refractivity contribution in [1.29, 1.82) is 0 Å². The summed E-state index contributed by atoms with van der Waals surface area (Å²) in [5.41, 5.74) is 2.16. The predicted molar refractivity (Wildman–Crippen MR) is 93.7 cm³/mol. The second kappa shape index (κ2) is 5.55. The van der Waals surface area contributed by atoms with Crippen LogP contribution in [0.4, 0.5) is 5.69 Å². The molecule has 1 N–H and O–H groups in total. The van der Waals surface area contributed by atoms with E-state index in [-0.39, 0.29) is 11.2 Å². The van der Waals surface area contributed by atoms with Crippen LogP contribution in [0.5, 0.6) is 0 Å². The van der Waals surface area contributed by atoms with Gasteiger partial charge in [-0.3, -0.25) is 14.3 Å². The third kappa shape index (κ3) is 2.55. The molecule has 0 spiro atoms. The normalized spacial score (nSPS) is 11.1. The van der Waals surface area contributed by atoms with Gasteiger partial charge in [-0.25, -0.2) is 4.98 Å². The first-order valence-electron chi connectivity index (χ1n) is 7.66. The van der Waals surface area contributed by atoms with E-state index < -0.39 is 5.91 Å². The summed E-state index contributed by atoms with van der Waals surface area (Å²) in [5.74, 6) is -0.558. The van der Waals surface area contributed by atoms with E-state index in [1.54, 1.807) is 41.2 Å². The largest absolute Gasteiger partial charge is 0.451 e. The first kappa shape index (κ1) is 15.1. The maximum atomic E-state index is 12.4. The molecule has 0 aliphatic heterocycles. The molecule has 0 radical (unpaired) electrons. The van der Waals surface area contributed by atoms with Gasteiger partial charge in [-0.15, -0.1) is 0 Å². The zero-order valence-corrected chi connectivity index (χ0v) is 13.6. The van der Waals surface area contributed by atoms with E-state index in [0.717, 1.165) is 16.7 Å². The minimum absolute atomic E-state index is 0.0493. The number of aryl methyl sites for hydroxylation is 2. The average molecular weight is 334 g/mol. The van der Waals surface area contributed by atoms with Gasteiger partial charge in [-0.1, -0.05) is 12.1 Å². The second-order valence-corrected chi connectivity index (χ2v) is 5.73. The van der Waals surface area contributed by atoms with Gasteiger partial charge in [0, 0.05) is 18.5 Å².